The van der Waals surface area contributed by atoms with Crippen LogP contribution in [0.2, 0.25) is 0 Å². The minimum absolute atomic E-state index is 0.148. The third-order valence-electron chi connectivity index (χ3n) is 1.30. The number of hydrogen-bond acceptors (Lipinski definition) is 1. The molecule has 0 aromatic rings. The van der Waals surface area contributed by atoms with Crippen LogP contribution < -0.4 is 0 Å². The van der Waals surface area contributed by atoms with Crippen LogP contribution in [0, 0.1) is 17.2 Å². The van der Waals surface area contributed by atoms with Crippen LogP contribution in [0.3, 0.4) is 0 Å². The molecule has 0 saturated heterocycles. The molecular formula is C8H11N. The Morgan fingerprint density at radius 1 is 1.56 bits per heavy atom. The summed E-state index contributed by atoms with van der Waals surface area (Å²) < 4.78 is 29.7. The van der Waals surface area contributed by atoms with E-state index in [0.717, 1.165) is 0 Å². The van der Waals surface area contributed by atoms with Crippen LogP contribution in [0.4, 0.5) is 0 Å². The summed E-state index contributed by atoms with van der Waals surface area (Å²) in [5.74, 6) is -0.148. The minimum atomic E-state index is -1.77. The van der Waals surface area contributed by atoms with Crippen molar-refractivity contribution in [2.75, 3.05) is 0 Å². The molecule has 0 radical (unpaired) electrons. The molecule has 1 saturated carbocycles. The average Bonchev–Trinajstić information content (AvgIpc) is 2.17. The molecule has 0 aromatic carbocycles. The Kier molecular flexibility index (Phi) is 1.05. The monoisotopic (exact) mass is 125 g/mol. The van der Waals surface area contributed by atoms with Gasteiger partial charge in [0.15, 0.2) is 0 Å². The van der Waals surface area contributed by atoms with E-state index in [1.54, 1.807) is 6.08 Å². The third kappa shape index (κ3) is 1.89. The van der Waals surface area contributed by atoms with Gasteiger partial charge in [0.25, 0.3) is 0 Å². The van der Waals surface area contributed by atoms with Crippen molar-refractivity contribution in [3.05, 3.63) is 12.2 Å². The highest BCUT2D eigenvalue weighted by Crippen LogP contribution is 2.25. The first kappa shape index (κ1) is 2.88. The zero-order valence-corrected chi connectivity index (χ0v) is 5.09. The molecule has 0 heterocycles. The number of hydrogen-bond donors (Lipinski definition) is 0. The van der Waals surface area contributed by atoms with Crippen LogP contribution in [0.1, 0.15) is 31.1 Å². The van der Waals surface area contributed by atoms with Gasteiger partial charge in [-0.2, -0.15) is 5.26 Å². The van der Waals surface area contributed by atoms with E-state index in [0.29, 0.717) is 0 Å². The molecule has 1 heteroatoms. The molecule has 0 amide bonds. The second-order valence-corrected chi connectivity index (χ2v) is 2.01. The van der Waals surface area contributed by atoms with Crippen LogP contribution >= 0.6 is 0 Å². The normalized spacial score (nSPS) is 38.6. The molecule has 9 heavy (non-hydrogen) atoms. The van der Waals surface area contributed by atoms with E-state index < -0.39 is 12.7 Å². The van der Waals surface area contributed by atoms with Gasteiger partial charge in [0.1, 0.15) is 0 Å². The van der Waals surface area contributed by atoms with Crippen LogP contribution in [0.25, 0.3) is 0 Å². The first-order chi connectivity index (χ1) is 5.89. The van der Waals surface area contributed by atoms with Crippen molar-refractivity contribution in [3.63, 3.8) is 0 Å². The molecule has 0 spiro atoms. The van der Waals surface area contributed by atoms with Gasteiger partial charge in [0.05, 0.1) is 6.07 Å². The zero-order valence-electron chi connectivity index (χ0n) is 9.09. The van der Waals surface area contributed by atoms with Gasteiger partial charge in [-0.3, -0.25) is 0 Å². The highest BCUT2D eigenvalue weighted by Gasteiger charge is 2.10. The predicted molar refractivity (Wildman–Crippen MR) is 36.7 cm³/mol. The van der Waals surface area contributed by atoms with Crippen molar-refractivity contribution in [1.29, 1.82) is 5.26 Å². The Labute approximate surface area is 61.6 Å². The standard InChI is InChI=1S/C8H11N/c9-7-3-6-8-4-1-2-5-8/h3,6,8H,1-2,4-5H2/b6-3+/i1D2,2D2. The fraction of sp³-hybridized carbons (Fsp3) is 0.625. The van der Waals surface area contributed by atoms with Gasteiger partial charge in [-0.05, 0) is 18.8 Å². The first-order valence-corrected chi connectivity index (χ1v) is 2.95. The third-order valence-corrected chi connectivity index (χ3v) is 1.30. The largest absolute Gasteiger partial charge is 0.193 e. The van der Waals surface area contributed by atoms with Gasteiger partial charge in [-0.25, -0.2) is 0 Å². The molecule has 0 bridgehead atoms. The Hall–Kier alpha value is -0.770. The highest BCUT2D eigenvalue weighted by atomic mass is 14.2. The van der Waals surface area contributed by atoms with Crippen molar-refractivity contribution in [3.8, 4) is 6.07 Å². The summed E-state index contributed by atoms with van der Waals surface area (Å²) in [5, 5.41) is 8.26. The summed E-state index contributed by atoms with van der Waals surface area (Å²) in [6, 6.07) is 1.82. The average molecular weight is 125 g/mol. The Balaban J connectivity index is 2.72. The van der Waals surface area contributed by atoms with E-state index in [4.69, 9.17) is 10.7 Å². The predicted octanol–water partition coefficient (Wildman–Crippen LogP) is 2.26. The first-order valence-electron chi connectivity index (χ1n) is 4.95. The fourth-order valence-electron chi connectivity index (χ4n) is 0.794. The maximum atomic E-state index is 8.26. The van der Waals surface area contributed by atoms with E-state index in [2.05, 4.69) is 0 Å². The van der Waals surface area contributed by atoms with Crippen molar-refractivity contribution in [2.45, 2.75) is 25.6 Å². The number of nitriles is 1. The molecule has 1 aliphatic rings. The second-order valence-electron chi connectivity index (χ2n) is 2.01. The van der Waals surface area contributed by atoms with Crippen LogP contribution in [-0.4, -0.2) is 0 Å². The fourth-order valence-corrected chi connectivity index (χ4v) is 0.794. The lowest BCUT2D eigenvalue weighted by Gasteiger charge is -1.95. The second kappa shape index (κ2) is 3.29. The van der Waals surface area contributed by atoms with Gasteiger partial charge >= 0.3 is 0 Å². The minimum Gasteiger partial charge on any atom is -0.193 e. The molecule has 0 aliphatic heterocycles. The lowest BCUT2D eigenvalue weighted by atomic mass is 10.1. The molecule has 1 nitrogen and oxygen atoms in total. The quantitative estimate of drug-likeness (QED) is 0.493. The lowest BCUT2D eigenvalue weighted by Crippen LogP contribution is -1.83. The van der Waals surface area contributed by atoms with E-state index in [1.807, 2.05) is 6.07 Å². The maximum absolute atomic E-state index is 8.26. The Morgan fingerprint density at radius 2 is 2.22 bits per heavy atom. The summed E-state index contributed by atoms with van der Waals surface area (Å²) in [6.45, 7) is 0. The molecule has 0 N–H and O–H groups in total. The smallest absolute Gasteiger partial charge is 0.0908 e. The summed E-state index contributed by atoms with van der Waals surface area (Å²) in [5.41, 5.74) is 0. The summed E-state index contributed by atoms with van der Waals surface area (Å²) in [6.07, 6.45) is -0.323. The molecule has 0 aromatic heterocycles. The lowest BCUT2D eigenvalue weighted by molar-refractivity contribution is 0.686. The van der Waals surface area contributed by atoms with Crippen molar-refractivity contribution >= 4 is 0 Å². The topological polar surface area (TPSA) is 23.8 Å². The molecule has 1 aliphatic carbocycles. The Bertz CT molecular complexity index is 248. The van der Waals surface area contributed by atoms with Gasteiger partial charge in [-0.1, -0.05) is 18.8 Å². The van der Waals surface area contributed by atoms with Crippen LogP contribution in [-0.2, 0) is 0 Å². The molecule has 1 fully saturated rings. The van der Waals surface area contributed by atoms with E-state index >= 15 is 0 Å². The van der Waals surface area contributed by atoms with Crippen molar-refractivity contribution < 1.29 is 5.48 Å². The molecule has 0 atom stereocenters. The summed E-state index contributed by atoms with van der Waals surface area (Å²) in [4.78, 5) is 0. The Morgan fingerprint density at radius 3 is 2.78 bits per heavy atom. The van der Waals surface area contributed by atoms with Gasteiger partial charge in [0, 0.05) is 11.6 Å². The molecule has 0 unspecified atom stereocenters. The van der Waals surface area contributed by atoms with Crippen molar-refractivity contribution in [2.24, 2.45) is 5.92 Å². The van der Waals surface area contributed by atoms with Crippen LogP contribution in [0.15, 0.2) is 12.2 Å². The molecule has 48 valence electrons. The maximum Gasteiger partial charge on any atom is 0.0908 e. The molecular weight excluding hydrogens is 110 g/mol. The highest BCUT2D eigenvalue weighted by molar-refractivity contribution is 5.04. The van der Waals surface area contributed by atoms with E-state index in [-0.39, 0.29) is 18.8 Å². The van der Waals surface area contributed by atoms with Gasteiger partial charge < -0.3 is 0 Å². The molecule has 1 rings (SSSR count). The number of allylic oxidation sites excluding steroid dienone is 2. The van der Waals surface area contributed by atoms with Crippen molar-refractivity contribution in [1.82, 2.24) is 0 Å². The zero-order chi connectivity index (χ0) is 10.1. The van der Waals surface area contributed by atoms with Gasteiger partial charge in [0.2, 0.25) is 0 Å². The number of rotatable bonds is 1. The van der Waals surface area contributed by atoms with Crippen LogP contribution in [0.5, 0.6) is 0 Å². The number of nitrogens with zero attached hydrogens (tertiary/aromatic N) is 1. The van der Waals surface area contributed by atoms with Gasteiger partial charge in [-0.15, -0.1) is 0 Å². The van der Waals surface area contributed by atoms with E-state index in [1.165, 1.54) is 6.08 Å². The SMILES string of the molecule is [2H]C1([2H])CC(/C=C/C#N)CC1([2H])[2H]. The van der Waals surface area contributed by atoms with E-state index in [9.17, 15) is 0 Å². The summed E-state index contributed by atoms with van der Waals surface area (Å²) in [7, 11) is 0. The summed E-state index contributed by atoms with van der Waals surface area (Å²) >= 11 is 0.